The zero-order valence-corrected chi connectivity index (χ0v) is 19.0. The Kier molecular flexibility index (Phi) is 6.48. The Balaban J connectivity index is 1.66. The molecule has 1 N–H and O–H groups in total. The summed E-state index contributed by atoms with van der Waals surface area (Å²) in [6.07, 6.45) is 0. The largest absolute Gasteiger partial charge is 0.497 e. The average molecular weight is 466 g/mol. The van der Waals surface area contributed by atoms with Gasteiger partial charge >= 0.3 is 0 Å². The minimum Gasteiger partial charge on any atom is -0.497 e. The van der Waals surface area contributed by atoms with Crippen LogP contribution in [0.4, 0.5) is 5.69 Å². The van der Waals surface area contributed by atoms with Crippen molar-refractivity contribution in [3.63, 3.8) is 0 Å². The molecule has 1 aromatic heterocycles. The van der Waals surface area contributed by atoms with Gasteiger partial charge in [0.25, 0.3) is 5.56 Å². The van der Waals surface area contributed by atoms with E-state index in [1.807, 2.05) is 13.0 Å². The monoisotopic (exact) mass is 465 g/mol. The van der Waals surface area contributed by atoms with E-state index in [9.17, 15) is 9.59 Å². The predicted molar refractivity (Wildman–Crippen MR) is 129 cm³/mol. The fourth-order valence-electron chi connectivity index (χ4n) is 3.25. The zero-order valence-electron chi connectivity index (χ0n) is 17.5. The quantitative estimate of drug-likeness (QED) is 0.317. The summed E-state index contributed by atoms with van der Waals surface area (Å²) in [5.41, 5.74) is 2.59. The maximum Gasteiger partial charge on any atom is 0.266 e. The molecule has 0 fully saturated rings. The zero-order chi connectivity index (χ0) is 22.7. The number of aromatic nitrogens is 2. The number of ether oxygens (including phenoxy) is 1. The third-order valence-electron chi connectivity index (χ3n) is 4.87. The molecular weight excluding hydrogens is 446 g/mol. The number of carbonyl (C=O) groups is 1. The molecule has 0 saturated heterocycles. The number of nitrogens with one attached hydrogen (secondary N) is 1. The smallest absolute Gasteiger partial charge is 0.266 e. The SMILES string of the molecule is COc1ccc(-n2c(SCC(=O)Nc3ccc(Cl)cc3C)nc3ccccc3c2=O)cc1. The molecule has 4 rings (SSSR count). The number of carbonyl (C=O) groups excluding carboxylic acids is 1. The molecule has 0 radical (unpaired) electrons. The van der Waals surface area contributed by atoms with E-state index >= 15 is 0 Å². The van der Waals surface area contributed by atoms with E-state index in [1.165, 1.54) is 16.3 Å². The van der Waals surface area contributed by atoms with Crippen molar-refractivity contribution < 1.29 is 9.53 Å². The van der Waals surface area contributed by atoms with Crippen LogP contribution in [0.2, 0.25) is 5.02 Å². The maximum atomic E-state index is 13.3. The molecule has 0 atom stereocenters. The second-order valence-corrected chi connectivity index (χ2v) is 8.43. The minimum atomic E-state index is -0.205. The van der Waals surface area contributed by atoms with Crippen LogP contribution in [0.1, 0.15) is 5.56 Å². The van der Waals surface area contributed by atoms with E-state index in [2.05, 4.69) is 10.3 Å². The number of fused-ring (bicyclic) bond motifs is 1. The van der Waals surface area contributed by atoms with Gasteiger partial charge in [-0.25, -0.2) is 4.98 Å². The van der Waals surface area contributed by atoms with Crippen molar-refractivity contribution in [2.75, 3.05) is 18.2 Å². The van der Waals surface area contributed by atoms with Gasteiger partial charge in [0, 0.05) is 10.7 Å². The molecule has 4 aromatic rings. The van der Waals surface area contributed by atoms with Gasteiger partial charge in [-0.1, -0.05) is 35.5 Å². The Morgan fingerprint density at radius 1 is 1.12 bits per heavy atom. The molecule has 32 heavy (non-hydrogen) atoms. The molecule has 162 valence electrons. The topological polar surface area (TPSA) is 73.2 Å². The first kappa shape index (κ1) is 21.9. The highest BCUT2D eigenvalue weighted by molar-refractivity contribution is 7.99. The highest BCUT2D eigenvalue weighted by Crippen LogP contribution is 2.24. The summed E-state index contributed by atoms with van der Waals surface area (Å²) < 4.78 is 6.74. The molecule has 0 saturated carbocycles. The number of aryl methyl sites for hydroxylation is 1. The van der Waals surface area contributed by atoms with Gasteiger partial charge in [0.1, 0.15) is 5.75 Å². The van der Waals surface area contributed by atoms with E-state index in [0.29, 0.717) is 38.2 Å². The third-order valence-corrected chi connectivity index (χ3v) is 6.04. The Labute approximate surface area is 194 Å². The van der Waals surface area contributed by atoms with Gasteiger partial charge in [0.2, 0.25) is 5.91 Å². The van der Waals surface area contributed by atoms with E-state index in [4.69, 9.17) is 16.3 Å². The van der Waals surface area contributed by atoms with Crippen molar-refractivity contribution in [2.24, 2.45) is 0 Å². The van der Waals surface area contributed by atoms with Crippen LogP contribution in [0.3, 0.4) is 0 Å². The highest BCUT2D eigenvalue weighted by Gasteiger charge is 2.15. The van der Waals surface area contributed by atoms with Gasteiger partial charge in [-0.2, -0.15) is 0 Å². The van der Waals surface area contributed by atoms with Crippen molar-refractivity contribution >= 4 is 45.9 Å². The van der Waals surface area contributed by atoms with Gasteiger partial charge in [-0.15, -0.1) is 0 Å². The van der Waals surface area contributed by atoms with Crippen LogP contribution in [0, 0.1) is 6.92 Å². The number of thioether (sulfide) groups is 1. The average Bonchev–Trinajstić information content (AvgIpc) is 2.80. The fraction of sp³-hybridized carbons (Fsp3) is 0.125. The summed E-state index contributed by atoms with van der Waals surface area (Å²) in [6, 6.07) is 19.6. The van der Waals surface area contributed by atoms with E-state index in [1.54, 1.807) is 67.8 Å². The number of benzene rings is 3. The minimum absolute atomic E-state index is 0.0863. The highest BCUT2D eigenvalue weighted by atomic mass is 35.5. The van der Waals surface area contributed by atoms with E-state index < -0.39 is 0 Å². The number of hydrogen-bond acceptors (Lipinski definition) is 5. The molecule has 1 heterocycles. The first-order valence-corrected chi connectivity index (χ1v) is 11.2. The number of amides is 1. The molecule has 0 bridgehead atoms. The van der Waals surface area contributed by atoms with E-state index in [-0.39, 0.29) is 17.2 Å². The lowest BCUT2D eigenvalue weighted by molar-refractivity contribution is -0.113. The standard InChI is InChI=1S/C24H20ClN3O3S/c1-15-13-16(25)7-12-20(15)26-22(29)14-32-24-27-21-6-4-3-5-19(21)23(30)28(24)17-8-10-18(31-2)11-9-17/h3-13H,14H2,1-2H3,(H,26,29). The molecule has 8 heteroatoms. The maximum absolute atomic E-state index is 13.3. The Hall–Kier alpha value is -3.29. The van der Waals surface area contributed by atoms with Crippen molar-refractivity contribution in [3.05, 3.63) is 87.7 Å². The van der Waals surface area contributed by atoms with Crippen molar-refractivity contribution in [2.45, 2.75) is 12.1 Å². The molecule has 3 aromatic carbocycles. The number of rotatable bonds is 6. The lowest BCUT2D eigenvalue weighted by Crippen LogP contribution is -2.23. The first-order valence-electron chi connectivity index (χ1n) is 9.81. The Bertz CT molecular complexity index is 1350. The molecule has 0 spiro atoms. The van der Waals surface area contributed by atoms with E-state index in [0.717, 1.165) is 5.56 Å². The molecule has 6 nitrogen and oxygen atoms in total. The number of anilines is 1. The van der Waals surface area contributed by atoms with Crippen LogP contribution in [0.15, 0.2) is 76.7 Å². The lowest BCUT2D eigenvalue weighted by atomic mass is 10.2. The molecule has 0 unspecified atom stereocenters. The van der Waals surface area contributed by atoms with Crippen molar-refractivity contribution in [1.29, 1.82) is 0 Å². The molecule has 1 amide bonds. The first-order chi connectivity index (χ1) is 15.5. The van der Waals surface area contributed by atoms with Crippen molar-refractivity contribution in [1.82, 2.24) is 9.55 Å². The van der Waals surface area contributed by atoms with Gasteiger partial charge in [0.15, 0.2) is 5.16 Å². The van der Waals surface area contributed by atoms with Gasteiger partial charge < -0.3 is 10.1 Å². The normalized spacial score (nSPS) is 10.8. The summed E-state index contributed by atoms with van der Waals surface area (Å²) in [5.74, 6) is 0.565. The molecule has 0 aliphatic heterocycles. The third kappa shape index (κ3) is 4.64. The second kappa shape index (κ2) is 9.46. The van der Waals surface area contributed by atoms with Crippen molar-refractivity contribution in [3.8, 4) is 11.4 Å². The van der Waals surface area contributed by atoms with Gasteiger partial charge in [0.05, 0.1) is 29.5 Å². The number of halogens is 1. The van der Waals surface area contributed by atoms with Crippen LogP contribution < -0.4 is 15.6 Å². The van der Waals surface area contributed by atoms with Crippen LogP contribution >= 0.6 is 23.4 Å². The number of para-hydroxylation sites is 1. The summed E-state index contributed by atoms with van der Waals surface area (Å²) in [5, 5.41) is 4.43. The predicted octanol–water partition coefficient (Wildman–Crippen LogP) is 5.09. The molecule has 0 aliphatic carbocycles. The number of methoxy groups -OCH3 is 1. The van der Waals surface area contributed by atoms with Crippen LogP contribution in [0.25, 0.3) is 16.6 Å². The molecule has 0 aliphatic rings. The number of nitrogens with zero attached hydrogens (tertiary/aromatic N) is 2. The summed E-state index contributed by atoms with van der Waals surface area (Å²) in [7, 11) is 1.58. The summed E-state index contributed by atoms with van der Waals surface area (Å²) in [4.78, 5) is 30.5. The lowest BCUT2D eigenvalue weighted by Gasteiger charge is -2.14. The van der Waals surface area contributed by atoms with Crippen LogP contribution in [-0.2, 0) is 4.79 Å². The van der Waals surface area contributed by atoms with Gasteiger partial charge in [-0.3, -0.25) is 14.2 Å². The second-order valence-electron chi connectivity index (χ2n) is 7.05. The fourth-order valence-corrected chi connectivity index (χ4v) is 4.29. The Morgan fingerprint density at radius 3 is 2.59 bits per heavy atom. The Morgan fingerprint density at radius 2 is 1.88 bits per heavy atom. The summed E-state index contributed by atoms with van der Waals surface area (Å²) in [6.45, 7) is 1.88. The van der Waals surface area contributed by atoms with Crippen LogP contribution in [-0.4, -0.2) is 28.3 Å². The van der Waals surface area contributed by atoms with Gasteiger partial charge in [-0.05, 0) is 67.1 Å². The molecular formula is C24H20ClN3O3S. The summed E-state index contributed by atoms with van der Waals surface area (Å²) >= 11 is 7.19. The number of hydrogen-bond donors (Lipinski definition) is 1. The van der Waals surface area contributed by atoms with Crippen LogP contribution in [0.5, 0.6) is 5.75 Å².